The van der Waals surface area contributed by atoms with Crippen molar-refractivity contribution in [2.45, 2.75) is 33.4 Å². The number of anilines is 1. The van der Waals surface area contributed by atoms with E-state index in [4.69, 9.17) is 5.73 Å². The fourth-order valence-corrected chi connectivity index (χ4v) is 1.66. The van der Waals surface area contributed by atoms with Crippen LogP contribution < -0.4 is 10.6 Å². The topological polar surface area (TPSA) is 42.2 Å². The third-order valence-electron chi connectivity index (χ3n) is 2.38. The van der Waals surface area contributed by atoms with E-state index in [1.54, 1.807) is 6.20 Å². The van der Waals surface area contributed by atoms with Crippen LogP contribution in [0.25, 0.3) is 0 Å². The van der Waals surface area contributed by atoms with Crippen molar-refractivity contribution in [3.8, 4) is 0 Å². The average Bonchev–Trinajstić information content (AvgIpc) is 2.19. The number of nitrogens with two attached hydrogens (primary N) is 1. The van der Waals surface area contributed by atoms with E-state index >= 15 is 0 Å². The van der Waals surface area contributed by atoms with Gasteiger partial charge < -0.3 is 10.6 Å². The molecule has 3 nitrogen and oxygen atoms in total. The largest absolute Gasteiger partial charge is 0.368 e. The van der Waals surface area contributed by atoms with Crippen molar-refractivity contribution in [1.82, 2.24) is 4.98 Å². The summed E-state index contributed by atoms with van der Waals surface area (Å²) in [5, 5.41) is 0. The van der Waals surface area contributed by atoms with Crippen LogP contribution in [0.4, 0.5) is 5.69 Å². The first-order valence-electron chi connectivity index (χ1n) is 5.10. The summed E-state index contributed by atoms with van der Waals surface area (Å²) in [6, 6.07) is 2.47. The number of hydrogen-bond donors (Lipinski definition) is 1. The fourth-order valence-electron chi connectivity index (χ4n) is 1.66. The van der Waals surface area contributed by atoms with Gasteiger partial charge >= 0.3 is 0 Å². The molecule has 1 rings (SSSR count). The Morgan fingerprint density at radius 2 is 2.21 bits per heavy atom. The van der Waals surface area contributed by atoms with E-state index in [0.717, 1.165) is 17.8 Å². The van der Waals surface area contributed by atoms with E-state index in [-0.39, 0.29) is 0 Å². The first kappa shape index (κ1) is 11.0. The Morgan fingerprint density at radius 1 is 1.50 bits per heavy atom. The molecule has 0 fully saturated rings. The molecule has 0 aliphatic rings. The van der Waals surface area contributed by atoms with Gasteiger partial charge in [-0.15, -0.1) is 0 Å². The zero-order valence-corrected chi connectivity index (χ0v) is 9.20. The predicted octanol–water partition coefficient (Wildman–Crippen LogP) is 1.77. The smallest absolute Gasteiger partial charge is 0.0600 e. The van der Waals surface area contributed by atoms with Crippen molar-refractivity contribution < 1.29 is 0 Å². The molecule has 0 atom stereocenters. The maximum atomic E-state index is 5.69. The highest BCUT2D eigenvalue weighted by Gasteiger charge is 2.11. The third kappa shape index (κ3) is 2.23. The standard InChI is InChI=1S/C11H19N3/c1-4-14(9(2)3)11-8-13-6-5-10(11)7-12/h5-6,8-9H,4,7,12H2,1-3H3. The number of aromatic nitrogens is 1. The van der Waals surface area contributed by atoms with E-state index < -0.39 is 0 Å². The minimum absolute atomic E-state index is 0.481. The van der Waals surface area contributed by atoms with Gasteiger partial charge in [0.05, 0.1) is 11.9 Å². The zero-order chi connectivity index (χ0) is 10.6. The maximum absolute atomic E-state index is 5.69. The summed E-state index contributed by atoms with van der Waals surface area (Å²) < 4.78 is 0. The molecule has 0 radical (unpaired) electrons. The summed E-state index contributed by atoms with van der Waals surface area (Å²) >= 11 is 0. The second-order valence-corrected chi connectivity index (χ2v) is 3.59. The van der Waals surface area contributed by atoms with Crippen LogP contribution in [0, 0.1) is 0 Å². The Kier molecular flexibility index (Phi) is 3.89. The molecule has 0 unspecified atom stereocenters. The van der Waals surface area contributed by atoms with Gasteiger partial charge in [-0.3, -0.25) is 4.98 Å². The van der Waals surface area contributed by atoms with Crippen LogP contribution in [-0.4, -0.2) is 17.6 Å². The summed E-state index contributed by atoms with van der Waals surface area (Å²) in [5.41, 5.74) is 8.01. The van der Waals surface area contributed by atoms with Gasteiger partial charge in [-0.05, 0) is 32.4 Å². The molecule has 0 spiro atoms. The van der Waals surface area contributed by atoms with Gasteiger partial charge in [0.25, 0.3) is 0 Å². The molecule has 0 aliphatic carbocycles. The Morgan fingerprint density at radius 3 is 2.71 bits per heavy atom. The van der Waals surface area contributed by atoms with Crippen molar-refractivity contribution in [3.05, 3.63) is 24.0 Å². The summed E-state index contributed by atoms with van der Waals surface area (Å²) in [6.45, 7) is 8.05. The zero-order valence-electron chi connectivity index (χ0n) is 9.20. The molecular formula is C11H19N3. The first-order chi connectivity index (χ1) is 6.70. The minimum Gasteiger partial charge on any atom is -0.368 e. The molecule has 14 heavy (non-hydrogen) atoms. The Hall–Kier alpha value is -1.09. The molecule has 3 heteroatoms. The predicted molar refractivity (Wildman–Crippen MR) is 60.3 cm³/mol. The summed E-state index contributed by atoms with van der Waals surface area (Å²) in [4.78, 5) is 6.45. The van der Waals surface area contributed by atoms with Gasteiger partial charge in [-0.2, -0.15) is 0 Å². The van der Waals surface area contributed by atoms with Crippen molar-refractivity contribution in [1.29, 1.82) is 0 Å². The highest BCUT2D eigenvalue weighted by Crippen LogP contribution is 2.20. The van der Waals surface area contributed by atoms with Gasteiger partial charge in [-0.1, -0.05) is 0 Å². The lowest BCUT2D eigenvalue weighted by molar-refractivity contribution is 0.697. The number of pyridine rings is 1. The second kappa shape index (κ2) is 4.96. The lowest BCUT2D eigenvalue weighted by Gasteiger charge is -2.28. The van der Waals surface area contributed by atoms with Gasteiger partial charge in [0.15, 0.2) is 0 Å². The minimum atomic E-state index is 0.481. The number of nitrogens with zero attached hydrogens (tertiary/aromatic N) is 2. The molecule has 1 heterocycles. The van der Waals surface area contributed by atoms with Crippen LogP contribution in [0.15, 0.2) is 18.5 Å². The molecule has 0 bridgehead atoms. The van der Waals surface area contributed by atoms with E-state index in [1.165, 1.54) is 0 Å². The molecule has 0 saturated heterocycles. The van der Waals surface area contributed by atoms with Gasteiger partial charge in [0.2, 0.25) is 0 Å². The second-order valence-electron chi connectivity index (χ2n) is 3.59. The van der Waals surface area contributed by atoms with Crippen LogP contribution in [0.3, 0.4) is 0 Å². The fraction of sp³-hybridized carbons (Fsp3) is 0.545. The van der Waals surface area contributed by atoms with Crippen LogP contribution in [0.1, 0.15) is 26.3 Å². The lowest BCUT2D eigenvalue weighted by Crippen LogP contribution is -2.31. The normalized spacial score (nSPS) is 10.6. The van der Waals surface area contributed by atoms with Gasteiger partial charge in [-0.25, -0.2) is 0 Å². The van der Waals surface area contributed by atoms with Crippen molar-refractivity contribution >= 4 is 5.69 Å². The van der Waals surface area contributed by atoms with E-state index in [1.807, 2.05) is 12.3 Å². The molecule has 0 amide bonds. The van der Waals surface area contributed by atoms with Gasteiger partial charge in [0, 0.05) is 25.3 Å². The average molecular weight is 193 g/mol. The first-order valence-corrected chi connectivity index (χ1v) is 5.10. The SMILES string of the molecule is CCN(c1cnccc1CN)C(C)C. The molecule has 0 aromatic carbocycles. The lowest BCUT2D eigenvalue weighted by atomic mass is 10.2. The third-order valence-corrected chi connectivity index (χ3v) is 2.38. The molecule has 0 aliphatic heterocycles. The highest BCUT2D eigenvalue weighted by molar-refractivity contribution is 5.52. The highest BCUT2D eigenvalue weighted by atomic mass is 15.2. The number of hydrogen-bond acceptors (Lipinski definition) is 3. The van der Waals surface area contributed by atoms with Crippen molar-refractivity contribution in [2.24, 2.45) is 5.73 Å². The van der Waals surface area contributed by atoms with E-state index in [2.05, 4.69) is 30.7 Å². The van der Waals surface area contributed by atoms with E-state index in [0.29, 0.717) is 12.6 Å². The Balaban J connectivity index is 3.02. The number of rotatable bonds is 4. The Labute approximate surface area is 85.9 Å². The molecule has 0 saturated carbocycles. The van der Waals surface area contributed by atoms with Crippen LogP contribution in [0.5, 0.6) is 0 Å². The molecule has 1 aromatic heterocycles. The molecule has 1 aromatic rings. The summed E-state index contributed by atoms with van der Waals surface area (Å²) in [7, 11) is 0. The molecule has 2 N–H and O–H groups in total. The van der Waals surface area contributed by atoms with Gasteiger partial charge in [0.1, 0.15) is 0 Å². The van der Waals surface area contributed by atoms with Crippen molar-refractivity contribution in [2.75, 3.05) is 11.4 Å². The summed E-state index contributed by atoms with van der Waals surface area (Å²) in [6.07, 6.45) is 3.69. The Bertz CT molecular complexity index is 284. The van der Waals surface area contributed by atoms with E-state index in [9.17, 15) is 0 Å². The van der Waals surface area contributed by atoms with Crippen molar-refractivity contribution in [3.63, 3.8) is 0 Å². The molecular weight excluding hydrogens is 174 g/mol. The molecule has 78 valence electrons. The van der Waals surface area contributed by atoms with Crippen LogP contribution in [0.2, 0.25) is 0 Å². The monoisotopic (exact) mass is 193 g/mol. The van der Waals surface area contributed by atoms with Crippen LogP contribution >= 0.6 is 0 Å². The summed E-state index contributed by atoms with van der Waals surface area (Å²) in [5.74, 6) is 0. The maximum Gasteiger partial charge on any atom is 0.0600 e. The quantitative estimate of drug-likeness (QED) is 0.792. The van der Waals surface area contributed by atoms with Crippen LogP contribution in [-0.2, 0) is 6.54 Å².